The molecule has 1 aromatic rings. The van der Waals surface area contributed by atoms with Gasteiger partial charge < -0.3 is 10.1 Å². The van der Waals surface area contributed by atoms with Crippen LogP contribution in [0.5, 0.6) is 0 Å². The van der Waals surface area contributed by atoms with E-state index in [1.54, 1.807) is 0 Å². The Morgan fingerprint density at radius 3 is 2.53 bits per heavy atom. The Hall–Kier alpha value is -1.03. The number of halogens is 1. The van der Waals surface area contributed by atoms with Crippen LogP contribution in [0.25, 0.3) is 0 Å². The highest BCUT2D eigenvalue weighted by molar-refractivity contribution is 9.09. The average molecular weight is 300 g/mol. The summed E-state index contributed by atoms with van der Waals surface area (Å²) in [5.74, 6) is 0. The van der Waals surface area contributed by atoms with E-state index in [2.05, 4.69) is 21.2 Å². The van der Waals surface area contributed by atoms with Crippen molar-refractivity contribution in [3.8, 4) is 0 Å². The van der Waals surface area contributed by atoms with Gasteiger partial charge in [0.1, 0.15) is 6.61 Å². The molecule has 1 unspecified atom stereocenters. The summed E-state index contributed by atoms with van der Waals surface area (Å²) >= 11 is 3.45. The summed E-state index contributed by atoms with van der Waals surface area (Å²) in [4.78, 5) is 11.7. The first-order valence-corrected chi connectivity index (χ1v) is 6.46. The van der Waals surface area contributed by atoms with Crippen molar-refractivity contribution < 1.29 is 9.53 Å². The highest BCUT2D eigenvalue weighted by atomic mass is 79.9. The third-order valence-corrected chi connectivity index (χ3v) is 3.78. The lowest BCUT2D eigenvalue weighted by Crippen LogP contribution is -2.48. The van der Waals surface area contributed by atoms with Gasteiger partial charge in [0.15, 0.2) is 0 Å². The third kappa shape index (κ3) is 4.77. The van der Waals surface area contributed by atoms with Crippen molar-refractivity contribution in [1.82, 2.24) is 5.32 Å². The van der Waals surface area contributed by atoms with E-state index in [-0.39, 0.29) is 10.4 Å². The Bertz CT molecular complexity index is 363. The summed E-state index contributed by atoms with van der Waals surface area (Å²) in [5, 5.41) is 2.82. The van der Waals surface area contributed by atoms with E-state index in [9.17, 15) is 4.79 Å². The molecule has 1 amide bonds. The van der Waals surface area contributed by atoms with E-state index >= 15 is 0 Å². The molecule has 94 valence electrons. The van der Waals surface area contributed by atoms with E-state index in [4.69, 9.17) is 4.74 Å². The highest BCUT2D eigenvalue weighted by Crippen LogP contribution is 2.16. The minimum atomic E-state index is -0.398. The van der Waals surface area contributed by atoms with Gasteiger partial charge in [0.05, 0.1) is 0 Å². The lowest BCUT2D eigenvalue weighted by molar-refractivity contribution is 0.130. The molecule has 1 N–H and O–H groups in total. The summed E-state index contributed by atoms with van der Waals surface area (Å²) in [6, 6.07) is 9.61. The number of nitrogens with one attached hydrogen (secondary N) is 1. The van der Waals surface area contributed by atoms with Gasteiger partial charge in [-0.1, -0.05) is 53.2 Å². The smallest absolute Gasteiger partial charge is 0.407 e. The fourth-order valence-corrected chi connectivity index (χ4v) is 1.24. The van der Waals surface area contributed by atoms with Gasteiger partial charge in [-0.3, -0.25) is 0 Å². The average Bonchev–Trinajstić information content (AvgIpc) is 2.27. The van der Waals surface area contributed by atoms with Gasteiger partial charge in [-0.05, 0) is 19.4 Å². The van der Waals surface area contributed by atoms with Crippen LogP contribution in [0.2, 0.25) is 0 Å². The molecular weight excluding hydrogens is 282 g/mol. The highest BCUT2D eigenvalue weighted by Gasteiger charge is 2.26. The number of alkyl carbamates (subject to hydrolysis) is 1. The van der Waals surface area contributed by atoms with Gasteiger partial charge >= 0.3 is 6.09 Å². The molecule has 3 nitrogen and oxygen atoms in total. The first kappa shape index (κ1) is 14.0. The third-order valence-electron chi connectivity index (χ3n) is 2.63. The van der Waals surface area contributed by atoms with Crippen molar-refractivity contribution in [2.45, 2.75) is 37.7 Å². The number of hydrogen-bond donors (Lipinski definition) is 1. The van der Waals surface area contributed by atoms with Gasteiger partial charge in [0, 0.05) is 10.4 Å². The molecule has 0 aliphatic heterocycles. The number of benzene rings is 1. The second-order valence-electron chi connectivity index (χ2n) is 4.52. The molecule has 0 bridgehead atoms. The standard InChI is InChI=1S/C13H18BrNO2/c1-10(14)13(2,3)15-12(16)17-9-11-7-5-4-6-8-11/h4-8,10H,9H2,1-3H3,(H,15,16). The molecule has 0 radical (unpaired) electrons. The zero-order chi connectivity index (χ0) is 12.9. The Morgan fingerprint density at radius 2 is 2.00 bits per heavy atom. The fraction of sp³-hybridized carbons (Fsp3) is 0.462. The maximum Gasteiger partial charge on any atom is 0.407 e. The Kier molecular flexibility index (Phi) is 5.00. The number of ether oxygens (including phenoxy) is 1. The van der Waals surface area contributed by atoms with E-state index in [0.29, 0.717) is 6.61 Å². The van der Waals surface area contributed by atoms with Crippen LogP contribution in [0, 0.1) is 0 Å². The number of rotatable bonds is 4. The number of amides is 1. The van der Waals surface area contributed by atoms with Gasteiger partial charge in [-0.2, -0.15) is 0 Å². The minimum Gasteiger partial charge on any atom is -0.445 e. The molecule has 0 aliphatic carbocycles. The maximum absolute atomic E-state index is 11.6. The molecule has 0 saturated heterocycles. The second kappa shape index (κ2) is 6.05. The normalized spacial score (nSPS) is 12.9. The van der Waals surface area contributed by atoms with Crippen LogP contribution in [-0.2, 0) is 11.3 Å². The molecule has 0 spiro atoms. The zero-order valence-corrected chi connectivity index (χ0v) is 12.0. The van der Waals surface area contributed by atoms with E-state index in [0.717, 1.165) is 5.56 Å². The quantitative estimate of drug-likeness (QED) is 0.865. The summed E-state index contributed by atoms with van der Waals surface area (Å²) in [7, 11) is 0. The summed E-state index contributed by atoms with van der Waals surface area (Å²) in [6.07, 6.45) is -0.398. The van der Waals surface area contributed by atoms with Gasteiger partial charge in [-0.25, -0.2) is 4.79 Å². The molecule has 1 aromatic carbocycles. The molecule has 1 atom stereocenters. The molecule has 0 fully saturated rings. The zero-order valence-electron chi connectivity index (χ0n) is 10.4. The van der Waals surface area contributed by atoms with Crippen LogP contribution < -0.4 is 5.32 Å². The number of carbonyl (C=O) groups is 1. The van der Waals surface area contributed by atoms with Crippen molar-refractivity contribution in [3.63, 3.8) is 0 Å². The predicted octanol–water partition coefficient (Wildman–Crippen LogP) is 3.47. The number of alkyl halides is 1. The van der Waals surface area contributed by atoms with Crippen LogP contribution >= 0.6 is 15.9 Å². The molecule has 0 aromatic heterocycles. The summed E-state index contributed by atoms with van der Waals surface area (Å²) in [6.45, 7) is 6.16. The Labute approximate surface area is 111 Å². The van der Waals surface area contributed by atoms with Crippen LogP contribution in [0.1, 0.15) is 26.3 Å². The molecule has 0 aliphatic rings. The monoisotopic (exact) mass is 299 g/mol. The molecule has 1 rings (SSSR count). The number of carbonyl (C=O) groups excluding carboxylic acids is 1. The van der Waals surface area contributed by atoms with E-state index in [1.165, 1.54) is 0 Å². The van der Waals surface area contributed by atoms with Crippen LogP contribution in [0.3, 0.4) is 0 Å². The van der Waals surface area contributed by atoms with Crippen LogP contribution in [0.4, 0.5) is 4.79 Å². The topological polar surface area (TPSA) is 38.3 Å². The first-order chi connectivity index (χ1) is 7.92. The lowest BCUT2D eigenvalue weighted by atomic mass is 10.0. The lowest BCUT2D eigenvalue weighted by Gasteiger charge is -2.28. The van der Waals surface area contributed by atoms with Crippen molar-refractivity contribution in [1.29, 1.82) is 0 Å². The largest absolute Gasteiger partial charge is 0.445 e. The van der Waals surface area contributed by atoms with Gasteiger partial charge in [-0.15, -0.1) is 0 Å². The molecular formula is C13H18BrNO2. The van der Waals surface area contributed by atoms with Gasteiger partial charge in [0.2, 0.25) is 0 Å². The maximum atomic E-state index is 11.6. The molecule has 0 heterocycles. The van der Waals surface area contributed by atoms with Crippen LogP contribution in [-0.4, -0.2) is 16.5 Å². The number of hydrogen-bond acceptors (Lipinski definition) is 2. The van der Waals surface area contributed by atoms with Crippen molar-refractivity contribution in [2.24, 2.45) is 0 Å². The van der Waals surface area contributed by atoms with E-state index in [1.807, 2.05) is 51.1 Å². The predicted molar refractivity (Wildman–Crippen MR) is 72.2 cm³/mol. The first-order valence-electron chi connectivity index (χ1n) is 5.55. The molecule has 0 saturated carbocycles. The summed E-state index contributed by atoms with van der Waals surface area (Å²) in [5.41, 5.74) is 0.640. The van der Waals surface area contributed by atoms with Crippen molar-refractivity contribution >= 4 is 22.0 Å². The van der Waals surface area contributed by atoms with E-state index < -0.39 is 6.09 Å². The fourth-order valence-electron chi connectivity index (χ4n) is 1.12. The second-order valence-corrected chi connectivity index (χ2v) is 5.90. The Balaban J connectivity index is 2.41. The van der Waals surface area contributed by atoms with Crippen molar-refractivity contribution in [3.05, 3.63) is 35.9 Å². The minimum absolute atomic E-state index is 0.166. The van der Waals surface area contributed by atoms with Crippen LogP contribution in [0.15, 0.2) is 30.3 Å². The molecule has 4 heteroatoms. The SMILES string of the molecule is CC(Br)C(C)(C)NC(=O)OCc1ccccc1. The Morgan fingerprint density at radius 1 is 1.41 bits per heavy atom. The molecule has 17 heavy (non-hydrogen) atoms. The summed E-state index contributed by atoms with van der Waals surface area (Å²) < 4.78 is 5.14. The van der Waals surface area contributed by atoms with Crippen molar-refractivity contribution in [2.75, 3.05) is 0 Å². The van der Waals surface area contributed by atoms with Gasteiger partial charge in [0.25, 0.3) is 0 Å².